The van der Waals surface area contributed by atoms with Crippen LogP contribution < -0.4 is 5.32 Å². The molecule has 2 aliphatic heterocycles. The van der Waals surface area contributed by atoms with Crippen LogP contribution in [0, 0.1) is 0 Å². The number of fused-ring (bicyclic) bond motifs is 1. The van der Waals surface area contributed by atoms with Crippen molar-refractivity contribution in [1.29, 1.82) is 0 Å². The van der Waals surface area contributed by atoms with Gasteiger partial charge in [-0.25, -0.2) is 0 Å². The highest BCUT2D eigenvalue weighted by Crippen LogP contribution is 2.21. The van der Waals surface area contributed by atoms with Crippen molar-refractivity contribution in [2.45, 2.75) is 25.8 Å². The number of nitrogens with zero attached hydrogens (tertiary/aromatic N) is 1. The minimum absolute atomic E-state index is 0.0900. The molecule has 3 nitrogen and oxygen atoms in total. The molecule has 0 aliphatic carbocycles. The second-order valence-electron chi connectivity index (χ2n) is 3.20. The molecule has 1 atom stereocenters. The fourth-order valence-corrected chi connectivity index (χ4v) is 1.67. The molecule has 12 heavy (non-hydrogen) atoms. The molecular weight excluding hydrogens is 152 g/mol. The molecule has 2 rings (SSSR count). The van der Waals surface area contributed by atoms with E-state index >= 15 is 0 Å². The first kappa shape index (κ1) is 7.40. The monoisotopic (exact) mass is 164 g/mol. The lowest BCUT2D eigenvalue weighted by atomic mass is 10.1. The number of hydrogen-bond acceptors (Lipinski definition) is 2. The number of carbonyl (C=O) groups is 1. The molecule has 0 spiro atoms. The SMILES string of the molecule is CC1CCC=C2NC=CC(=O)N21. The predicted octanol–water partition coefficient (Wildman–Crippen LogP) is 0.956. The molecule has 0 aromatic heterocycles. The van der Waals surface area contributed by atoms with Crippen LogP contribution in [0.2, 0.25) is 0 Å². The van der Waals surface area contributed by atoms with Crippen molar-refractivity contribution in [3.05, 3.63) is 24.2 Å². The van der Waals surface area contributed by atoms with Gasteiger partial charge in [-0.15, -0.1) is 0 Å². The molecule has 1 N–H and O–H groups in total. The summed E-state index contributed by atoms with van der Waals surface area (Å²) >= 11 is 0. The van der Waals surface area contributed by atoms with E-state index in [9.17, 15) is 4.79 Å². The van der Waals surface area contributed by atoms with Gasteiger partial charge in [-0.2, -0.15) is 0 Å². The Hall–Kier alpha value is -1.25. The second kappa shape index (κ2) is 2.66. The quantitative estimate of drug-likeness (QED) is 0.578. The van der Waals surface area contributed by atoms with Crippen LogP contribution in [-0.4, -0.2) is 16.8 Å². The van der Waals surface area contributed by atoms with E-state index in [1.807, 2.05) is 4.90 Å². The summed E-state index contributed by atoms with van der Waals surface area (Å²) in [6.07, 6.45) is 7.45. The molecule has 0 aromatic carbocycles. The zero-order valence-corrected chi connectivity index (χ0v) is 7.08. The Morgan fingerprint density at radius 3 is 3.25 bits per heavy atom. The van der Waals surface area contributed by atoms with Gasteiger partial charge in [0.2, 0.25) is 0 Å². The molecule has 0 fully saturated rings. The van der Waals surface area contributed by atoms with Gasteiger partial charge >= 0.3 is 0 Å². The minimum Gasteiger partial charge on any atom is -0.348 e. The third-order valence-electron chi connectivity index (χ3n) is 2.32. The molecule has 3 heteroatoms. The summed E-state index contributed by atoms with van der Waals surface area (Å²) in [6.45, 7) is 2.08. The summed E-state index contributed by atoms with van der Waals surface area (Å²) in [7, 11) is 0. The molecule has 1 amide bonds. The van der Waals surface area contributed by atoms with Gasteiger partial charge in [0.15, 0.2) is 0 Å². The van der Waals surface area contributed by atoms with E-state index in [1.54, 1.807) is 12.3 Å². The van der Waals surface area contributed by atoms with Gasteiger partial charge in [0.05, 0.1) is 0 Å². The highest BCUT2D eigenvalue weighted by Gasteiger charge is 2.26. The summed E-state index contributed by atoms with van der Waals surface area (Å²) < 4.78 is 0. The van der Waals surface area contributed by atoms with Gasteiger partial charge in [0.25, 0.3) is 5.91 Å². The van der Waals surface area contributed by atoms with Crippen molar-refractivity contribution in [2.24, 2.45) is 0 Å². The van der Waals surface area contributed by atoms with Crippen molar-refractivity contribution >= 4 is 5.91 Å². The highest BCUT2D eigenvalue weighted by molar-refractivity contribution is 5.90. The molecule has 2 aliphatic rings. The number of allylic oxidation sites excluding steroid dienone is 1. The molecule has 0 saturated carbocycles. The largest absolute Gasteiger partial charge is 0.348 e. The number of carbonyl (C=O) groups excluding carboxylic acids is 1. The average molecular weight is 164 g/mol. The normalized spacial score (nSPS) is 27.8. The van der Waals surface area contributed by atoms with Crippen molar-refractivity contribution in [3.8, 4) is 0 Å². The molecule has 0 radical (unpaired) electrons. The van der Waals surface area contributed by atoms with E-state index < -0.39 is 0 Å². The van der Waals surface area contributed by atoms with Crippen LogP contribution >= 0.6 is 0 Å². The Labute approximate surface area is 71.7 Å². The Morgan fingerprint density at radius 1 is 1.67 bits per heavy atom. The molecule has 2 heterocycles. The smallest absolute Gasteiger partial charge is 0.253 e. The molecule has 1 unspecified atom stereocenters. The molecule has 64 valence electrons. The third kappa shape index (κ3) is 1.02. The maximum atomic E-state index is 11.4. The van der Waals surface area contributed by atoms with E-state index in [0.29, 0.717) is 6.04 Å². The summed E-state index contributed by atoms with van der Waals surface area (Å²) in [6, 6.07) is 0.329. The molecular formula is C9H12N2O. The molecule has 0 bridgehead atoms. The molecule has 0 aromatic rings. The lowest BCUT2D eigenvalue weighted by Gasteiger charge is -2.35. The van der Waals surface area contributed by atoms with Gasteiger partial charge in [-0.3, -0.25) is 9.69 Å². The van der Waals surface area contributed by atoms with Crippen molar-refractivity contribution < 1.29 is 4.79 Å². The number of hydrogen-bond donors (Lipinski definition) is 1. The summed E-state index contributed by atoms with van der Waals surface area (Å²) in [4.78, 5) is 13.2. The minimum atomic E-state index is 0.0900. The Morgan fingerprint density at radius 2 is 2.50 bits per heavy atom. The number of nitrogens with one attached hydrogen (secondary N) is 1. The lowest BCUT2D eigenvalue weighted by Crippen LogP contribution is -2.44. The van der Waals surface area contributed by atoms with Gasteiger partial charge < -0.3 is 5.32 Å². The van der Waals surface area contributed by atoms with E-state index in [1.165, 1.54) is 0 Å². The first-order valence-electron chi connectivity index (χ1n) is 4.25. The van der Waals surface area contributed by atoms with E-state index in [-0.39, 0.29) is 5.91 Å². The second-order valence-corrected chi connectivity index (χ2v) is 3.20. The summed E-state index contributed by atoms with van der Waals surface area (Å²) in [5.41, 5.74) is 0. The molecule has 0 saturated heterocycles. The average Bonchev–Trinajstić information content (AvgIpc) is 2.04. The highest BCUT2D eigenvalue weighted by atomic mass is 16.2. The lowest BCUT2D eigenvalue weighted by molar-refractivity contribution is -0.127. The van der Waals surface area contributed by atoms with E-state index in [4.69, 9.17) is 0 Å². The number of rotatable bonds is 0. The first-order valence-corrected chi connectivity index (χ1v) is 4.25. The Kier molecular flexibility index (Phi) is 1.64. The van der Waals surface area contributed by atoms with Gasteiger partial charge in [0, 0.05) is 18.3 Å². The van der Waals surface area contributed by atoms with Crippen molar-refractivity contribution in [2.75, 3.05) is 0 Å². The Bertz CT molecular complexity index is 268. The van der Waals surface area contributed by atoms with Crippen LogP contribution in [0.1, 0.15) is 19.8 Å². The fraction of sp³-hybridized carbons (Fsp3) is 0.444. The van der Waals surface area contributed by atoms with Crippen LogP contribution in [0.3, 0.4) is 0 Å². The van der Waals surface area contributed by atoms with Crippen molar-refractivity contribution in [1.82, 2.24) is 10.2 Å². The maximum absolute atomic E-state index is 11.4. The Balaban J connectivity index is 2.33. The topological polar surface area (TPSA) is 32.3 Å². The summed E-state index contributed by atoms with van der Waals surface area (Å²) in [5, 5.41) is 3.07. The summed E-state index contributed by atoms with van der Waals surface area (Å²) in [5.74, 6) is 1.04. The van der Waals surface area contributed by atoms with Crippen LogP contribution in [0.15, 0.2) is 24.2 Å². The maximum Gasteiger partial charge on any atom is 0.253 e. The first-order chi connectivity index (χ1) is 5.79. The third-order valence-corrected chi connectivity index (χ3v) is 2.32. The van der Waals surface area contributed by atoms with Gasteiger partial charge in [-0.05, 0) is 25.8 Å². The standard InChI is InChI=1S/C9H12N2O/c1-7-3-2-4-8-10-6-5-9(12)11(7)8/h4-7,10H,2-3H2,1H3. The predicted molar refractivity (Wildman–Crippen MR) is 45.9 cm³/mol. The van der Waals surface area contributed by atoms with Crippen LogP contribution in [-0.2, 0) is 4.79 Å². The van der Waals surface area contributed by atoms with Crippen molar-refractivity contribution in [3.63, 3.8) is 0 Å². The van der Waals surface area contributed by atoms with E-state index in [2.05, 4.69) is 18.3 Å². The van der Waals surface area contributed by atoms with Crippen LogP contribution in [0.4, 0.5) is 0 Å². The fourth-order valence-electron chi connectivity index (χ4n) is 1.67. The number of amides is 1. The van der Waals surface area contributed by atoms with Crippen LogP contribution in [0.5, 0.6) is 0 Å². The van der Waals surface area contributed by atoms with E-state index in [0.717, 1.165) is 18.7 Å². The zero-order valence-electron chi connectivity index (χ0n) is 7.08. The van der Waals surface area contributed by atoms with Gasteiger partial charge in [-0.1, -0.05) is 0 Å². The van der Waals surface area contributed by atoms with Gasteiger partial charge in [0.1, 0.15) is 5.82 Å². The van der Waals surface area contributed by atoms with Crippen LogP contribution in [0.25, 0.3) is 0 Å². The zero-order chi connectivity index (χ0) is 8.55.